The lowest BCUT2D eigenvalue weighted by Crippen LogP contribution is -2.56. The van der Waals surface area contributed by atoms with Gasteiger partial charge in [-0.25, -0.2) is 0 Å². The standard InChI is InChI=1S/C21H18Cl3F3N2O/c22-16-6-13(7-17(23)18(16)24)19(21(25,26)27)3-4-29(11-19)14-1-2-15-12(5-14)8-30-20(15)9-28-10-20/h1-2,5-7,28H,3-4,8-11H2. The Balaban J connectivity index is 1.49. The van der Waals surface area contributed by atoms with Crippen molar-refractivity contribution in [3.63, 3.8) is 0 Å². The second-order valence-corrected chi connectivity index (χ2v) is 9.43. The second-order valence-electron chi connectivity index (χ2n) is 8.23. The normalized spacial score (nSPS) is 24.9. The average molecular weight is 478 g/mol. The van der Waals surface area contributed by atoms with Gasteiger partial charge in [-0.2, -0.15) is 13.2 Å². The highest BCUT2D eigenvalue weighted by Gasteiger charge is 2.59. The molecule has 2 aromatic rings. The molecule has 1 spiro atoms. The highest BCUT2D eigenvalue weighted by Crippen LogP contribution is 2.51. The van der Waals surface area contributed by atoms with E-state index in [4.69, 9.17) is 39.5 Å². The third-order valence-electron chi connectivity index (χ3n) is 6.62. The molecule has 2 saturated heterocycles. The zero-order valence-corrected chi connectivity index (χ0v) is 18.0. The van der Waals surface area contributed by atoms with Crippen LogP contribution in [-0.2, 0) is 22.4 Å². The SMILES string of the molecule is FC(F)(F)C1(c2cc(Cl)c(Cl)c(Cl)c2)CCN(c2ccc3c(c2)COC32CNC2)C1. The number of nitrogens with zero attached hydrogens (tertiary/aromatic N) is 1. The molecule has 30 heavy (non-hydrogen) atoms. The number of fused-ring (bicyclic) bond motifs is 2. The van der Waals surface area contributed by atoms with E-state index in [0.29, 0.717) is 6.61 Å². The molecular weight excluding hydrogens is 460 g/mol. The monoisotopic (exact) mass is 476 g/mol. The third kappa shape index (κ3) is 2.95. The van der Waals surface area contributed by atoms with Gasteiger partial charge in [0.05, 0.1) is 21.7 Å². The predicted molar refractivity (Wildman–Crippen MR) is 112 cm³/mol. The van der Waals surface area contributed by atoms with Crippen molar-refractivity contribution in [1.82, 2.24) is 5.32 Å². The molecule has 3 aliphatic rings. The van der Waals surface area contributed by atoms with Crippen LogP contribution >= 0.6 is 34.8 Å². The van der Waals surface area contributed by atoms with Crippen LogP contribution < -0.4 is 10.2 Å². The van der Waals surface area contributed by atoms with Gasteiger partial charge in [-0.3, -0.25) is 0 Å². The Morgan fingerprint density at radius 1 is 1.03 bits per heavy atom. The van der Waals surface area contributed by atoms with Gasteiger partial charge in [0.1, 0.15) is 11.0 Å². The summed E-state index contributed by atoms with van der Waals surface area (Å²) in [7, 11) is 0. The van der Waals surface area contributed by atoms with Gasteiger partial charge in [0.15, 0.2) is 0 Å². The van der Waals surface area contributed by atoms with Gasteiger partial charge in [0.2, 0.25) is 0 Å². The predicted octanol–water partition coefficient (Wildman–Crippen LogP) is 5.69. The minimum absolute atomic E-state index is 0.0235. The molecule has 3 aliphatic heterocycles. The molecule has 160 valence electrons. The molecular formula is C21H18Cl3F3N2O. The van der Waals surface area contributed by atoms with Crippen molar-refractivity contribution >= 4 is 40.5 Å². The molecule has 1 unspecified atom stereocenters. The minimum atomic E-state index is -4.47. The van der Waals surface area contributed by atoms with E-state index >= 15 is 0 Å². The zero-order chi connectivity index (χ0) is 21.3. The number of alkyl halides is 3. The average Bonchev–Trinajstić information content (AvgIpc) is 3.27. The molecule has 5 rings (SSSR count). The van der Waals surface area contributed by atoms with Crippen molar-refractivity contribution < 1.29 is 17.9 Å². The van der Waals surface area contributed by atoms with Gasteiger partial charge in [0.25, 0.3) is 0 Å². The highest BCUT2D eigenvalue weighted by atomic mass is 35.5. The molecule has 1 atom stereocenters. The largest absolute Gasteiger partial charge is 0.400 e. The quantitative estimate of drug-likeness (QED) is 0.563. The van der Waals surface area contributed by atoms with Crippen molar-refractivity contribution in [1.29, 1.82) is 0 Å². The van der Waals surface area contributed by atoms with E-state index in [0.717, 1.165) is 29.9 Å². The zero-order valence-electron chi connectivity index (χ0n) is 15.8. The molecule has 0 amide bonds. The fraction of sp³-hybridized carbons (Fsp3) is 0.429. The van der Waals surface area contributed by atoms with E-state index in [1.807, 2.05) is 18.2 Å². The smallest absolute Gasteiger partial charge is 0.370 e. The Morgan fingerprint density at radius 3 is 2.33 bits per heavy atom. The van der Waals surface area contributed by atoms with Gasteiger partial charge in [0, 0.05) is 31.9 Å². The van der Waals surface area contributed by atoms with Gasteiger partial charge in [-0.1, -0.05) is 40.9 Å². The van der Waals surface area contributed by atoms with Crippen LogP contribution in [0.25, 0.3) is 0 Å². The molecule has 1 N–H and O–H groups in total. The molecule has 3 nitrogen and oxygen atoms in total. The lowest BCUT2D eigenvalue weighted by Gasteiger charge is -2.39. The summed E-state index contributed by atoms with van der Waals surface area (Å²) < 4.78 is 49.0. The summed E-state index contributed by atoms with van der Waals surface area (Å²) in [5, 5.41) is 3.33. The topological polar surface area (TPSA) is 24.5 Å². The van der Waals surface area contributed by atoms with Gasteiger partial charge < -0.3 is 15.0 Å². The van der Waals surface area contributed by atoms with E-state index in [1.54, 1.807) is 4.90 Å². The number of hydrogen-bond acceptors (Lipinski definition) is 3. The Morgan fingerprint density at radius 2 is 1.73 bits per heavy atom. The first-order chi connectivity index (χ1) is 14.2. The van der Waals surface area contributed by atoms with Crippen molar-refractivity contribution in [3.8, 4) is 0 Å². The number of benzene rings is 2. The van der Waals surface area contributed by atoms with E-state index in [2.05, 4.69) is 5.32 Å². The summed E-state index contributed by atoms with van der Waals surface area (Å²) >= 11 is 18.1. The van der Waals surface area contributed by atoms with Crippen molar-refractivity contribution in [3.05, 3.63) is 62.1 Å². The summed E-state index contributed by atoms with van der Waals surface area (Å²) in [6, 6.07) is 8.41. The molecule has 0 bridgehead atoms. The molecule has 0 aromatic heterocycles. The Kier molecular flexibility index (Phi) is 4.77. The summed E-state index contributed by atoms with van der Waals surface area (Å²) in [6.45, 7) is 2.06. The first-order valence-electron chi connectivity index (χ1n) is 9.60. The molecule has 0 radical (unpaired) electrons. The third-order valence-corrected chi connectivity index (χ3v) is 7.82. The van der Waals surface area contributed by atoms with Crippen LogP contribution in [-0.4, -0.2) is 32.4 Å². The molecule has 3 heterocycles. The van der Waals surface area contributed by atoms with E-state index < -0.39 is 11.6 Å². The van der Waals surface area contributed by atoms with Crippen LogP contribution in [0, 0.1) is 0 Å². The fourth-order valence-corrected chi connectivity index (χ4v) is 5.37. The highest BCUT2D eigenvalue weighted by molar-refractivity contribution is 6.48. The van der Waals surface area contributed by atoms with Gasteiger partial charge >= 0.3 is 6.18 Å². The van der Waals surface area contributed by atoms with Crippen LogP contribution in [0.15, 0.2) is 30.3 Å². The molecule has 9 heteroatoms. The van der Waals surface area contributed by atoms with Crippen molar-refractivity contribution in [2.45, 2.75) is 30.2 Å². The molecule has 0 saturated carbocycles. The lowest BCUT2D eigenvalue weighted by atomic mass is 9.79. The number of anilines is 1. The van der Waals surface area contributed by atoms with Gasteiger partial charge in [-0.05, 0) is 47.4 Å². The lowest BCUT2D eigenvalue weighted by molar-refractivity contribution is -0.184. The summed E-state index contributed by atoms with van der Waals surface area (Å²) in [6.07, 6.45) is -4.56. The number of nitrogens with one attached hydrogen (secondary N) is 1. The molecule has 0 aliphatic carbocycles. The first kappa shape index (κ1) is 20.7. The van der Waals surface area contributed by atoms with Crippen LogP contribution in [0.3, 0.4) is 0 Å². The summed E-state index contributed by atoms with van der Waals surface area (Å²) in [5.41, 5.74) is 0.628. The van der Waals surface area contributed by atoms with Crippen LogP contribution in [0.1, 0.15) is 23.1 Å². The number of rotatable bonds is 2. The maximum Gasteiger partial charge on any atom is 0.400 e. The van der Waals surface area contributed by atoms with Crippen LogP contribution in [0.2, 0.25) is 15.1 Å². The Bertz CT molecular complexity index is 1000. The number of hydrogen-bond donors (Lipinski definition) is 1. The van der Waals surface area contributed by atoms with E-state index in [9.17, 15) is 13.2 Å². The molecule has 2 fully saturated rings. The number of ether oxygens (including phenoxy) is 1. The van der Waals surface area contributed by atoms with Crippen LogP contribution in [0.4, 0.5) is 18.9 Å². The fourth-order valence-electron chi connectivity index (χ4n) is 4.77. The van der Waals surface area contributed by atoms with Crippen molar-refractivity contribution in [2.75, 3.05) is 31.1 Å². The second kappa shape index (κ2) is 6.91. The summed E-state index contributed by atoms with van der Waals surface area (Å²) in [5.74, 6) is 0. The van der Waals surface area contributed by atoms with Crippen LogP contribution in [0.5, 0.6) is 0 Å². The Hall–Kier alpha value is -1.18. The minimum Gasteiger partial charge on any atom is -0.370 e. The van der Waals surface area contributed by atoms with Crippen molar-refractivity contribution in [2.24, 2.45) is 0 Å². The van der Waals surface area contributed by atoms with Gasteiger partial charge in [-0.15, -0.1) is 0 Å². The maximum atomic E-state index is 14.4. The first-order valence-corrected chi connectivity index (χ1v) is 10.7. The Labute approximate surface area is 187 Å². The number of halogens is 6. The molecule has 2 aromatic carbocycles. The summed E-state index contributed by atoms with van der Waals surface area (Å²) in [4.78, 5) is 1.77. The van der Waals surface area contributed by atoms with E-state index in [1.165, 1.54) is 12.1 Å². The maximum absolute atomic E-state index is 14.4. The van der Waals surface area contributed by atoms with E-state index in [-0.39, 0.29) is 45.7 Å².